The van der Waals surface area contributed by atoms with Gasteiger partial charge in [-0.2, -0.15) is 16.9 Å². The summed E-state index contributed by atoms with van der Waals surface area (Å²) in [6, 6.07) is 5.50. The van der Waals surface area contributed by atoms with Crippen LogP contribution in [0.3, 0.4) is 0 Å². The van der Waals surface area contributed by atoms with Crippen LogP contribution in [0, 0.1) is 0 Å². The molecule has 6 heteroatoms. The Kier molecular flexibility index (Phi) is 3.67. The number of hydrogen-bond acceptors (Lipinski definition) is 4. The molecule has 1 saturated heterocycles. The highest BCUT2D eigenvalue weighted by molar-refractivity contribution is 7.99. The number of aliphatic hydroxyl groups is 1. The fourth-order valence-electron chi connectivity index (χ4n) is 2.43. The van der Waals surface area contributed by atoms with Crippen LogP contribution in [0.1, 0.15) is 23.2 Å². The molecular formula is C14H17N3O2S. The minimum atomic E-state index is -0.761. The number of carbonyl (C=O) groups is 1. The van der Waals surface area contributed by atoms with Gasteiger partial charge in [-0.3, -0.25) is 9.89 Å². The number of rotatable bonds is 3. The molecule has 1 aromatic heterocycles. The Labute approximate surface area is 121 Å². The molecule has 0 spiro atoms. The number of thioether (sulfide) groups is 1. The number of nitrogens with zero attached hydrogens (tertiary/aromatic N) is 1. The molecule has 1 aliphatic rings. The quantitative estimate of drug-likeness (QED) is 0.802. The predicted molar refractivity (Wildman–Crippen MR) is 79.9 cm³/mol. The van der Waals surface area contributed by atoms with E-state index in [4.69, 9.17) is 0 Å². The summed E-state index contributed by atoms with van der Waals surface area (Å²) in [6.45, 7) is 0.302. The van der Waals surface area contributed by atoms with Crippen molar-refractivity contribution in [1.29, 1.82) is 0 Å². The lowest BCUT2D eigenvalue weighted by Gasteiger charge is -2.31. The van der Waals surface area contributed by atoms with Crippen LogP contribution >= 0.6 is 11.8 Å². The van der Waals surface area contributed by atoms with E-state index in [2.05, 4.69) is 15.5 Å². The number of carbonyl (C=O) groups excluding carboxylic acids is 1. The normalized spacial score (nSPS) is 18.1. The zero-order valence-corrected chi connectivity index (χ0v) is 11.9. The largest absolute Gasteiger partial charge is 0.388 e. The number of fused-ring (bicyclic) bond motifs is 1. The number of hydrogen-bond donors (Lipinski definition) is 3. The van der Waals surface area contributed by atoms with Gasteiger partial charge in [-0.15, -0.1) is 0 Å². The average Bonchev–Trinajstić information content (AvgIpc) is 2.94. The van der Waals surface area contributed by atoms with E-state index in [1.54, 1.807) is 12.3 Å². The van der Waals surface area contributed by atoms with E-state index >= 15 is 0 Å². The Morgan fingerprint density at radius 2 is 2.25 bits per heavy atom. The molecule has 2 aromatic rings. The van der Waals surface area contributed by atoms with Gasteiger partial charge in [-0.05, 0) is 30.4 Å². The van der Waals surface area contributed by atoms with Crippen molar-refractivity contribution in [3.05, 3.63) is 30.0 Å². The third kappa shape index (κ3) is 2.66. The molecule has 0 aliphatic carbocycles. The Morgan fingerprint density at radius 3 is 3.05 bits per heavy atom. The second kappa shape index (κ2) is 5.46. The van der Waals surface area contributed by atoms with E-state index in [1.807, 2.05) is 23.9 Å². The van der Waals surface area contributed by atoms with Crippen LogP contribution in [-0.4, -0.2) is 44.9 Å². The second-order valence-corrected chi connectivity index (χ2v) is 6.38. The molecule has 0 radical (unpaired) electrons. The molecule has 1 amide bonds. The van der Waals surface area contributed by atoms with Crippen molar-refractivity contribution in [3.8, 4) is 0 Å². The van der Waals surface area contributed by atoms with Gasteiger partial charge in [0, 0.05) is 11.9 Å². The lowest BCUT2D eigenvalue weighted by Crippen LogP contribution is -2.45. The molecule has 0 saturated carbocycles. The fourth-order valence-corrected chi connectivity index (χ4v) is 3.68. The highest BCUT2D eigenvalue weighted by Crippen LogP contribution is 2.26. The lowest BCUT2D eigenvalue weighted by molar-refractivity contribution is 0.0311. The maximum atomic E-state index is 12.3. The number of nitrogens with one attached hydrogen (secondary N) is 2. The monoisotopic (exact) mass is 291 g/mol. The molecule has 1 fully saturated rings. The first-order valence-electron chi connectivity index (χ1n) is 6.68. The first-order chi connectivity index (χ1) is 9.68. The standard InChI is InChI=1S/C14H17N3O2S/c18-13(15-9-14(19)4-6-20-7-5-14)11-3-1-2-10-8-16-17-12(10)11/h1-3,8,19H,4-7,9H2,(H,15,18)(H,16,17). The number of H-pyrrole nitrogens is 1. The van der Waals surface area contributed by atoms with Gasteiger partial charge in [0.05, 0.1) is 22.9 Å². The Balaban J connectivity index is 1.71. The molecule has 20 heavy (non-hydrogen) atoms. The first kappa shape index (κ1) is 13.5. The van der Waals surface area contributed by atoms with Crippen LogP contribution < -0.4 is 5.32 Å². The van der Waals surface area contributed by atoms with Gasteiger partial charge in [-0.25, -0.2) is 0 Å². The van der Waals surface area contributed by atoms with Gasteiger partial charge in [0.2, 0.25) is 0 Å². The smallest absolute Gasteiger partial charge is 0.253 e. The van der Waals surface area contributed by atoms with Gasteiger partial charge in [0.25, 0.3) is 5.91 Å². The van der Waals surface area contributed by atoms with Gasteiger partial charge in [-0.1, -0.05) is 12.1 Å². The summed E-state index contributed by atoms with van der Waals surface area (Å²) in [5.41, 5.74) is 0.535. The molecule has 1 aromatic carbocycles. The number of benzene rings is 1. The van der Waals surface area contributed by atoms with Crippen molar-refractivity contribution in [2.75, 3.05) is 18.1 Å². The van der Waals surface area contributed by atoms with E-state index < -0.39 is 5.60 Å². The van der Waals surface area contributed by atoms with Crippen LogP contribution in [-0.2, 0) is 0 Å². The van der Waals surface area contributed by atoms with Crippen molar-refractivity contribution < 1.29 is 9.90 Å². The fraction of sp³-hybridized carbons (Fsp3) is 0.429. The van der Waals surface area contributed by atoms with Crippen molar-refractivity contribution in [2.24, 2.45) is 0 Å². The summed E-state index contributed by atoms with van der Waals surface area (Å²) in [7, 11) is 0. The maximum absolute atomic E-state index is 12.3. The summed E-state index contributed by atoms with van der Waals surface area (Å²) >= 11 is 1.84. The zero-order chi connectivity index (χ0) is 14.0. The Morgan fingerprint density at radius 1 is 1.45 bits per heavy atom. The van der Waals surface area contributed by atoms with Gasteiger partial charge < -0.3 is 10.4 Å². The summed E-state index contributed by atoms with van der Waals surface area (Å²) in [5.74, 6) is 1.72. The van der Waals surface area contributed by atoms with Gasteiger partial charge in [0.15, 0.2) is 0 Å². The van der Waals surface area contributed by atoms with E-state index in [-0.39, 0.29) is 5.91 Å². The lowest BCUT2D eigenvalue weighted by atomic mass is 9.96. The van der Waals surface area contributed by atoms with E-state index in [1.165, 1.54) is 0 Å². The molecule has 2 heterocycles. The molecule has 0 bridgehead atoms. The summed E-state index contributed by atoms with van der Waals surface area (Å²) < 4.78 is 0. The highest BCUT2D eigenvalue weighted by atomic mass is 32.2. The SMILES string of the molecule is O=C(NCC1(O)CCSCC1)c1cccc2cn[nH]c12. The third-order valence-electron chi connectivity index (χ3n) is 3.72. The van der Waals surface area contributed by atoms with Crippen LogP contribution in [0.4, 0.5) is 0 Å². The Hall–Kier alpha value is -1.53. The summed E-state index contributed by atoms with van der Waals surface area (Å²) in [6.07, 6.45) is 3.15. The van der Waals surface area contributed by atoms with Gasteiger partial charge >= 0.3 is 0 Å². The number of amides is 1. The molecule has 0 unspecified atom stereocenters. The minimum absolute atomic E-state index is 0.175. The first-order valence-corrected chi connectivity index (χ1v) is 7.84. The predicted octanol–water partition coefficient (Wildman–Crippen LogP) is 1.55. The molecule has 0 atom stereocenters. The number of aromatic nitrogens is 2. The molecule has 3 rings (SSSR count). The van der Waals surface area contributed by atoms with Crippen molar-refractivity contribution in [3.63, 3.8) is 0 Å². The van der Waals surface area contributed by atoms with Crippen molar-refractivity contribution in [2.45, 2.75) is 18.4 Å². The molecule has 106 valence electrons. The Bertz CT molecular complexity index is 620. The zero-order valence-electron chi connectivity index (χ0n) is 11.1. The average molecular weight is 291 g/mol. The molecule has 3 N–H and O–H groups in total. The van der Waals surface area contributed by atoms with Crippen LogP contribution in [0.15, 0.2) is 24.4 Å². The third-order valence-corrected chi connectivity index (χ3v) is 4.71. The topological polar surface area (TPSA) is 78.0 Å². The van der Waals surface area contributed by atoms with Crippen LogP contribution in [0.5, 0.6) is 0 Å². The van der Waals surface area contributed by atoms with E-state index in [9.17, 15) is 9.90 Å². The highest BCUT2D eigenvalue weighted by Gasteiger charge is 2.30. The minimum Gasteiger partial charge on any atom is -0.388 e. The van der Waals surface area contributed by atoms with E-state index in [0.717, 1.165) is 35.3 Å². The second-order valence-electron chi connectivity index (χ2n) is 5.16. The molecule has 5 nitrogen and oxygen atoms in total. The maximum Gasteiger partial charge on any atom is 0.253 e. The van der Waals surface area contributed by atoms with Crippen molar-refractivity contribution in [1.82, 2.24) is 15.5 Å². The van der Waals surface area contributed by atoms with Crippen molar-refractivity contribution >= 4 is 28.6 Å². The molecule has 1 aliphatic heterocycles. The van der Waals surface area contributed by atoms with E-state index in [0.29, 0.717) is 12.1 Å². The van der Waals surface area contributed by atoms with Crippen LogP contribution in [0.25, 0.3) is 10.9 Å². The number of para-hydroxylation sites is 1. The van der Waals surface area contributed by atoms with Crippen LogP contribution in [0.2, 0.25) is 0 Å². The molecular weight excluding hydrogens is 274 g/mol. The van der Waals surface area contributed by atoms with Gasteiger partial charge in [0.1, 0.15) is 0 Å². The summed E-state index contributed by atoms with van der Waals surface area (Å²) in [4.78, 5) is 12.3. The summed E-state index contributed by atoms with van der Waals surface area (Å²) in [5, 5.41) is 20.9. The number of aromatic amines is 1.